The Kier molecular flexibility index (Phi) is 5.82. The molecule has 112 valence electrons. The molecule has 0 saturated carbocycles. The Bertz CT molecular complexity index is 387. The Morgan fingerprint density at radius 3 is 2.75 bits per heavy atom. The average molecular weight is 281 g/mol. The quantitative estimate of drug-likeness (QED) is 0.737. The van der Waals surface area contributed by atoms with Crippen LogP contribution in [0.4, 0.5) is 4.79 Å². The van der Waals surface area contributed by atoms with Crippen molar-refractivity contribution in [1.82, 2.24) is 24.7 Å². The second-order valence-corrected chi connectivity index (χ2v) is 4.85. The van der Waals surface area contributed by atoms with Crippen LogP contribution in [0, 0.1) is 0 Å². The Labute approximate surface area is 119 Å². The zero-order valence-electron chi connectivity index (χ0n) is 12.0. The smallest absolute Gasteiger partial charge is 0.317 e. The van der Waals surface area contributed by atoms with Crippen LogP contribution in [0.5, 0.6) is 0 Å². The fraction of sp³-hybridized carbons (Fsp3) is 0.692. The Morgan fingerprint density at radius 1 is 1.30 bits per heavy atom. The molecule has 0 unspecified atom stereocenters. The molecule has 1 aromatic rings. The molecule has 0 atom stereocenters. The van der Waals surface area contributed by atoms with Gasteiger partial charge in [-0.25, -0.2) is 9.78 Å². The van der Waals surface area contributed by atoms with Crippen molar-refractivity contribution < 1.29 is 9.53 Å². The first-order valence-corrected chi connectivity index (χ1v) is 6.99. The summed E-state index contributed by atoms with van der Waals surface area (Å²) in [5.41, 5.74) is 0. The van der Waals surface area contributed by atoms with Crippen LogP contribution in [0.3, 0.4) is 0 Å². The van der Waals surface area contributed by atoms with Gasteiger partial charge in [-0.3, -0.25) is 4.90 Å². The number of hydrogen-bond acceptors (Lipinski definition) is 4. The molecule has 2 amide bonds. The van der Waals surface area contributed by atoms with Crippen LogP contribution in [-0.4, -0.2) is 78.4 Å². The van der Waals surface area contributed by atoms with Gasteiger partial charge >= 0.3 is 6.03 Å². The number of nitrogens with one attached hydrogen (secondary N) is 1. The lowest BCUT2D eigenvalue weighted by molar-refractivity contribution is 0.133. The third kappa shape index (κ3) is 4.50. The van der Waals surface area contributed by atoms with Gasteiger partial charge in [0.1, 0.15) is 0 Å². The Morgan fingerprint density at radius 2 is 2.10 bits per heavy atom. The monoisotopic (exact) mass is 281 g/mol. The Balaban J connectivity index is 1.63. The minimum Gasteiger partial charge on any atom is -0.383 e. The maximum absolute atomic E-state index is 11.9. The normalized spacial score (nSPS) is 16.4. The number of piperazine rings is 1. The predicted molar refractivity (Wildman–Crippen MR) is 75.5 cm³/mol. The number of ether oxygens (including phenoxy) is 1. The number of methoxy groups -OCH3 is 1. The third-order valence-electron chi connectivity index (χ3n) is 3.48. The van der Waals surface area contributed by atoms with Crippen molar-refractivity contribution >= 4 is 6.03 Å². The molecule has 1 aliphatic heterocycles. The number of nitrogens with zero attached hydrogens (tertiary/aromatic N) is 4. The van der Waals surface area contributed by atoms with Crippen LogP contribution in [0.15, 0.2) is 18.7 Å². The average Bonchev–Trinajstić information content (AvgIpc) is 2.99. The predicted octanol–water partition coefficient (Wildman–Crippen LogP) is -0.143. The lowest BCUT2D eigenvalue weighted by Crippen LogP contribution is -2.52. The molecule has 0 aliphatic carbocycles. The maximum atomic E-state index is 11.9. The molecule has 1 N–H and O–H groups in total. The molecule has 0 radical (unpaired) electrons. The van der Waals surface area contributed by atoms with E-state index in [4.69, 9.17) is 4.74 Å². The molecule has 2 heterocycles. The number of hydrogen-bond donors (Lipinski definition) is 1. The van der Waals surface area contributed by atoms with Crippen LogP contribution >= 0.6 is 0 Å². The summed E-state index contributed by atoms with van der Waals surface area (Å²) in [4.78, 5) is 20.1. The summed E-state index contributed by atoms with van der Waals surface area (Å²) < 4.78 is 6.99. The van der Waals surface area contributed by atoms with E-state index in [9.17, 15) is 4.79 Å². The number of carbonyl (C=O) groups excluding carboxylic acids is 1. The highest BCUT2D eigenvalue weighted by molar-refractivity contribution is 5.74. The molecular formula is C13H23N5O2. The van der Waals surface area contributed by atoms with E-state index in [2.05, 4.69) is 19.8 Å². The first-order chi connectivity index (χ1) is 9.79. The van der Waals surface area contributed by atoms with Crippen LogP contribution in [-0.2, 0) is 11.3 Å². The summed E-state index contributed by atoms with van der Waals surface area (Å²) in [7, 11) is 1.63. The number of amides is 2. The molecule has 1 aromatic heterocycles. The maximum Gasteiger partial charge on any atom is 0.317 e. The van der Waals surface area contributed by atoms with E-state index in [1.54, 1.807) is 13.3 Å². The van der Waals surface area contributed by atoms with Gasteiger partial charge in [0.25, 0.3) is 0 Å². The summed E-state index contributed by atoms with van der Waals surface area (Å²) in [6.45, 7) is 6.46. The summed E-state index contributed by atoms with van der Waals surface area (Å²) in [6, 6.07) is 0.0105. The zero-order valence-corrected chi connectivity index (χ0v) is 12.0. The molecule has 7 nitrogen and oxygen atoms in total. The summed E-state index contributed by atoms with van der Waals surface area (Å²) in [5, 5.41) is 2.85. The van der Waals surface area contributed by atoms with Crippen LogP contribution in [0.1, 0.15) is 0 Å². The van der Waals surface area contributed by atoms with E-state index in [1.165, 1.54) is 0 Å². The fourth-order valence-corrected chi connectivity index (χ4v) is 2.22. The lowest BCUT2D eigenvalue weighted by atomic mass is 10.3. The first kappa shape index (κ1) is 14.8. The van der Waals surface area contributed by atoms with Crippen molar-refractivity contribution in [2.75, 3.05) is 53.0 Å². The van der Waals surface area contributed by atoms with Gasteiger partial charge in [-0.2, -0.15) is 0 Å². The highest BCUT2D eigenvalue weighted by atomic mass is 16.5. The summed E-state index contributed by atoms with van der Waals surface area (Å²) in [5.74, 6) is 0. The van der Waals surface area contributed by atoms with Crippen molar-refractivity contribution in [3.63, 3.8) is 0 Å². The Hall–Kier alpha value is -1.60. The van der Waals surface area contributed by atoms with Crippen LogP contribution in [0.25, 0.3) is 0 Å². The van der Waals surface area contributed by atoms with Gasteiger partial charge < -0.3 is 19.5 Å². The van der Waals surface area contributed by atoms with E-state index >= 15 is 0 Å². The zero-order chi connectivity index (χ0) is 14.2. The van der Waals surface area contributed by atoms with E-state index in [0.717, 1.165) is 39.3 Å². The largest absolute Gasteiger partial charge is 0.383 e. The highest BCUT2D eigenvalue weighted by Crippen LogP contribution is 2.02. The SMILES string of the molecule is COCCNC(=O)N1CCN(CCn2ccnc2)CC1. The molecular weight excluding hydrogens is 258 g/mol. The number of carbonyl (C=O) groups is 1. The number of imidazole rings is 1. The van der Waals surface area contributed by atoms with Crippen molar-refractivity contribution in [3.05, 3.63) is 18.7 Å². The number of aromatic nitrogens is 2. The van der Waals surface area contributed by atoms with E-state index in [-0.39, 0.29) is 6.03 Å². The highest BCUT2D eigenvalue weighted by Gasteiger charge is 2.20. The molecule has 0 aromatic carbocycles. The van der Waals surface area contributed by atoms with Crippen molar-refractivity contribution in [2.45, 2.75) is 6.54 Å². The molecule has 2 rings (SSSR count). The molecule has 0 bridgehead atoms. The minimum atomic E-state index is 0.0105. The fourth-order valence-electron chi connectivity index (χ4n) is 2.22. The van der Waals surface area contributed by atoms with Crippen molar-refractivity contribution in [3.8, 4) is 0 Å². The molecule has 7 heteroatoms. The van der Waals surface area contributed by atoms with E-state index in [0.29, 0.717) is 13.2 Å². The van der Waals surface area contributed by atoms with Gasteiger partial charge in [0.2, 0.25) is 0 Å². The van der Waals surface area contributed by atoms with Gasteiger partial charge in [0.15, 0.2) is 0 Å². The molecule has 0 spiro atoms. The minimum absolute atomic E-state index is 0.0105. The van der Waals surface area contributed by atoms with Crippen LogP contribution < -0.4 is 5.32 Å². The third-order valence-corrected chi connectivity index (χ3v) is 3.48. The molecule has 1 saturated heterocycles. The van der Waals surface area contributed by atoms with Gasteiger partial charge in [0, 0.05) is 65.3 Å². The molecule has 1 aliphatic rings. The second kappa shape index (κ2) is 7.86. The summed E-state index contributed by atoms with van der Waals surface area (Å²) >= 11 is 0. The summed E-state index contributed by atoms with van der Waals surface area (Å²) in [6.07, 6.45) is 5.60. The van der Waals surface area contributed by atoms with Gasteiger partial charge in [0.05, 0.1) is 12.9 Å². The lowest BCUT2D eigenvalue weighted by Gasteiger charge is -2.34. The van der Waals surface area contributed by atoms with Gasteiger partial charge in [-0.1, -0.05) is 0 Å². The van der Waals surface area contributed by atoms with E-state index < -0.39 is 0 Å². The molecule has 1 fully saturated rings. The van der Waals surface area contributed by atoms with E-state index in [1.807, 2.05) is 17.4 Å². The first-order valence-electron chi connectivity index (χ1n) is 6.99. The van der Waals surface area contributed by atoms with Crippen molar-refractivity contribution in [1.29, 1.82) is 0 Å². The molecule has 20 heavy (non-hydrogen) atoms. The number of urea groups is 1. The van der Waals surface area contributed by atoms with Crippen LogP contribution in [0.2, 0.25) is 0 Å². The standard InChI is InChI=1S/C13H23N5O2/c1-20-11-3-15-13(19)18-9-7-16(8-10-18)5-6-17-4-2-14-12-17/h2,4,12H,3,5-11H2,1H3,(H,15,19). The van der Waals surface area contributed by atoms with Gasteiger partial charge in [-0.05, 0) is 0 Å². The second-order valence-electron chi connectivity index (χ2n) is 4.85. The topological polar surface area (TPSA) is 62.6 Å². The van der Waals surface area contributed by atoms with Crippen molar-refractivity contribution in [2.24, 2.45) is 0 Å². The van der Waals surface area contributed by atoms with Gasteiger partial charge in [-0.15, -0.1) is 0 Å². The number of rotatable bonds is 6.